The minimum Gasteiger partial charge on any atom is -0.438 e. The van der Waals surface area contributed by atoms with Crippen molar-refractivity contribution in [3.8, 4) is 0 Å². The van der Waals surface area contributed by atoms with E-state index in [-0.39, 0.29) is 11.7 Å². The second-order valence-electron chi connectivity index (χ2n) is 6.92. The Hall–Kier alpha value is -2.63. The maximum absolute atomic E-state index is 13.0. The van der Waals surface area contributed by atoms with Gasteiger partial charge >= 0.3 is 0 Å². The van der Waals surface area contributed by atoms with Crippen molar-refractivity contribution in [2.45, 2.75) is 27.2 Å². The van der Waals surface area contributed by atoms with Crippen molar-refractivity contribution in [3.63, 3.8) is 0 Å². The van der Waals surface area contributed by atoms with E-state index in [9.17, 15) is 9.59 Å². The van der Waals surface area contributed by atoms with Gasteiger partial charge in [0, 0.05) is 13.1 Å². The number of carbonyl (C=O) groups is 2. The van der Waals surface area contributed by atoms with Gasteiger partial charge < -0.3 is 14.6 Å². The largest absolute Gasteiger partial charge is 0.438 e. The quantitative estimate of drug-likeness (QED) is 0.929. The summed E-state index contributed by atoms with van der Waals surface area (Å²) in [5.74, 6) is 0.652. The lowest BCUT2D eigenvalue weighted by molar-refractivity contribution is 0.0624. The number of amides is 2. The number of oxazole rings is 1. The number of hydrogen-bond acceptors (Lipinski definition) is 4. The lowest BCUT2D eigenvalue weighted by Crippen LogP contribution is -2.42. The van der Waals surface area contributed by atoms with Gasteiger partial charge in [0.2, 0.25) is 5.76 Å². The monoisotopic (exact) mass is 341 g/mol. The number of nitrogens with zero attached hydrogens (tertiary/aromatic N) is 2. The van der Waals surface area contributed by atoms with Crippen molar-refractivity contribution < 1.29 is 14.0 Å². The second-order valence-corrected chi connectivity index (χ2v) is 6.92. The van der Waals surface area contributed by atoms with Crippen LogP contribution >= 0.6 is 0 Å². The highest BCUT2D eigenvalue weighted by molar-refractivity contribution is 6.08. The van der Waals surface area contributed by atoms with E-state index in [1.807, 2.05) is 4.90 Å². The fourth-order valence-electron chi connectivity index (χ4n) is 3.48. The van der Waals surface area contributed by atoms with Crippen molar-refractivity contribution in [2.75, 3.05) is 18.4 Å². The first kappa shape index (κ1) is 17.2. The normalized spacial score (nSPS) is 20.4. The summed E-state index contributed by atoms with van der Waals surface area (Å²) < 4.78 is 5.12. The van der Waals surface area contributed by atoms with Gasteiger partial charge in [0.15, 0.2) is 6.39 Å². The van der Waals surface area contributed by atoms with Crippen LogP contribution in [0.1, 0.15) is 46.9 Å². The zero-order chi connectivity index (χ0) is 18.0. The Bertz CT molecular complexity index is 774. The van der Waals surface area contributed by atoms with Crippen LogP contribution in [-0.4, -0.2) is 34.8 Å². The zero-order valence-electron chi connectivity index (χ0n) is 14.8. The van der Waals surface area contributed by atoms with Crippen LogP contribution in [0.4, 0.5) is 5.69 Å². The molecule has 1 N–H and O–H groups in total. The molecule has 1 aromatic heterocycles. The van der Waals surface area contributed by atoms with Crippen molar-refractivity contribution >= 4 is 17.5 Å². The van der Waals surface area contributed by atoms with E-state index in [1.165, 1.54) is 6.39 Å². The highest BCUT2D eigenvalue weighted by Gasteiger charge is 2.27. The number of rotatable bonds is 3. The number of carbonyl (C=O) groups excluding carboxylic acids is 2. The van der Waals surface area contributed by atoms with Crippen molar-refractivity contribution in [2.24, 2.45) is 11.8 Å². The molecule has 1 aromatic carbocycles. The van der Waals surface area contributed by atoms with E-state index in [0.29, 0.717) is 28.8 Å². The van der Waals surface area contributed by atoms with Crippen LogP contribution in [0.15, 0.2) is 35.1 Å². The average Bonchev–Trinajstić information content (AvgIpc) is 3.00. The van der Waals surface area contributed by atoms with Gasteiger partial charge in [-0.05, 0) is 37.3 Å². The summed E-state index contributed by atoms with van der Waals surface area (Å²) >= 11 is 0. The molecule has 1 aliphatic heterocycles. The predicted octanol–water partition coefficient (Wildman–Crippen LogP) is 3.35. The van der Waals surface area contributed by atoms with Crippen LogP contribution < -0.4 is 5.32 Å². The summed E-state index contributed by atoms with van der Waals surface area (Å²) in [7, 11) is 0. The van der Waals surface area contributed by atoms with Crippen LogP contribution in [0.25, 0.3) is 0 Å². The number of para-hydroxylation sites is 1. The molecule has 1 aliphatic rings. The van der Waals surface area contributed by atoms with Crippen molar-refractivity contribution in [1.29, 1.82) is 0 Å². The summed E-state index contributed by atoms with van der Waals surface area (Å²) in [4.78, 5) is 31.2. The highest BCUT2D eigenvalue weighted by atomic mass is 16.3. The molecule has 2 heterocycles. The van der Waals surface area contributed by atoms with E-state index < -0.39 is 5.91 Å². The Morgan fingerprint density at radius 1 is 1.20 bits per heavy atom. The minimum atomic E-state index is -0.407. The van der Waals surface area contributed by atoms with Gasteiger partial charge in [-0.1, -0.05) is 26.0 Å². The first-order chi connectivity index (χ1) is 12.0. The van der Waals surface area contributed by atoms with Crippen molar-refractivity contribution in [1.82, 2.24) is 9.88 Å². The SMILES string of the molecule is Cc1ncoc1C(=O)Nc1ccccc1C(=O)N1C[C@@H](C)C[C@H](C)C1. The van der Waals surface area contributed by atoms with Crippen LogP contribution in [0.3, 0.4) is 0 Å². The zero-order valence-corrected chi connectivity index (χ0v) is 14.8. The Morgan fingerprint density at radius 2 is 1.88 bits per heavy atom. The average molecular weight is 341 g/mol. The Balaban J connectivity index is 1.82. The first-order valence-electron chi connectivity index (χ1n) is 8.55. The van der Waals surface area contributed by atoms with E-state index in [0.717, 1.165) is 19.5 Å². The highest BCUT2D eigenvalue weighted by Crippen LogP contribution is 2.25. The third-order valence-electron chi connectivity index (χ3n) is 4.51. The van der Waals surface area contributed by atoms with E-state index in [2.05, 4.69) is 24.1 Å². The number of benzene rings is 1. The summed E-state index contributed by atoms with van der Waals surface area (Å²) in [6.45, 7) is 7.51. The summed E-state index contributed by atoms with van der Waals surface area (Å²) in [5, 5.41) is 2.78. The third-order valence-corrected chi connectivity index (χ3v) is 4.51. The van der Waals surface area contributed by atoms with Gasteiger partial charge in [-0.15, -0.1) is 0 Å². The Morgan fingerprint density at radius 3 is 2.52 bits per heavy atom. The van der Waals surface area contributed by atoms with Gasteiger partial charge in [0.1, 0.15) is 0 Å². The van der Waals surface area contributed by atoms with E-state index in [1.54, 1.807) is 31.2 Å². The molecule has 6 heteroatoms. The Kier molecular flexibility index (Phi) is 4.88. The minimum absolute atomic E-state index is 0.0522. The molecule has 2 atom stereocenters. The number of aryl methyl sites for hydroxylation is 1. The maximum Gasteiger partial charge on any atom is 0.293 e. The molecule has 1 saturated heterocycles. The first-order valence-corrected chi connectivity index (χ1v) is 8.55. The smallest absolute Gasteiger partial charge is 0.293 e. The van der Waals surface area contributed by atoms with Crippen LogP contribution in [0.2, 0.25) is 0 Å². The second kappa shape index (κ2) is 7.09. The van der Waals surface area contributed by atoms with Crippen molar-refractivity contribution in [3.05, 3.63) is 47.7 Å². The van der Waals surface area contributed by atoms with E-state index >= 15 is 0 Å². The molecule has 2 amide bonds. The number of nitrogens with one attached hydrogen (secondary N) is 1. The van der Waals surface area contributed by atoms with Crippen LogP contribution in [0, 0.1) is 18.8 Å². The van der Waals surface area contributed by atoms with Gasteiger partial charge in [-0.2, -0.15) is 0 Å². The van der Waals surface area contributed by atoms with Gasteiger partial charge in [-0.3, -0.25) is 9.59 Å². The molecule has 6 nitrogen and oxygen atoms in total. The molecular weight excluding hydrogens is 318 g/mol. The predicted molar refractivity (Wildman–Crippen MR) is 94.5 cm³/mol. The molecule has 3 rings (SSSR count). The summed E-state index contributed by atoms with van der Waals surface area (Å²) in [6.07, 6.45) is 2.37. The number of hydrogen-bond donors (Lipinski definition) is 1. The van der Waals surface area contributed by atoms with Crippen LogP contribution in [-0.2, 0) is 0 Å². The lowest BCUT2D eigenvalue weighted by Gasteiger charge is -2.35. The molecule has 0 radical (unpaired) electrons. The lowest BCUT2D eigenvalue weighted by atomic mass is 9.91. The van der Waals surface area contributed by atoms with Crippen LogP contribution in [0.5, 0.6) is 0 Å². The molecule has 0 saturated carbocycles. The third kappa shape index (κ3) is 3.73. The molecule has 0 aliphatic carbocycles. The fourth-order valence-corrected chi connectivity index (χ4v) is 3.48. The molecule has 0 spiro atoms. The standard InChI is InChI=1S/C19H23N3O3/c1-12-8-13(2)10-22(9-12)19(24)15-6-4-5-7-16(15)21-18(23)17-14(3)20-11-25-17/h4-7,11-13H,8-10H2,1-3H3,(H,21,23)/t12-,13-/m0/s1. The molecule has 2 aromatic rings. The Labute approximate surface area is 147 Å². The topological polar surface area (TPSA) is 75.4 Å². The number of likely N-dealkylation sites (tertiary alicyclic amines) is 1. The van der Waals surface area contributed by atoms with E-state index in [4.69, 9.17) is 4.42 Å². The summed E-state index contributed by atoms with van der Waals surface area (Å²) in [5.41, 5.74) is 1.49. The van der Waals surface area contributed by atoms with Gasteiger partial charge in [-0.25, -0.2) is 4.98 Å². The molecule has 0 bridgehead atoms. The molecule has 132 valence electrons. The molecular formula is C19H23N3O3. The maximum atomic E-state index is 13.0. The fraction of sp³-hybridized carbons (Fsp3) is 0.421. The number of piperidine rings is 1. The molecule has 0 unspecified atom stereocenters. The summed E-state index contributed by atoms with van der Waals surface area (Å²) in [6, 6.07) is 7.07. The van der Waals surface area contributed by atoms with Gasteiger partial charge in [0.05, 0.1) is 16.9 Å². The van der Waals surface area contributed by atoms with Gasteiger partial charge in [0.25, 0.3) is 11.8 Å². The number of aromatic nitrogens is 1. The molecule has 25 heavy (non-hydrogen) atoms. The molecule has 1 fully saturated rings. The number of anilines is 1.